The summed E-state index contributed by atoms with van der Waals surface area (Å²) in [5.74, 6) is 1.26. The summed E-state index contributed by atoms with van der Waals surface area (Å²) in [5, 5.41) is 3.84. The average Bonchev–Trinajstić information content (AvgIpc) is 2.59. The second-order valence-corrected chi connectivity index (χ2v) is 7.09. The first-order chi connectivity index (χ1) is 12.0. The van der Waals surface area contributed by atoms with Crippen molar-refractivity contribution in [3.8, 4) is 5.75 Å². The second-order valence-electron chi connectivity index (χ2n) is 6.66. The summed E-state index contributed by atoms with van der Waals surface area (Å²) in [6.07, 6.45) is 0. The van der Waals surface area contributed by atoms with Crippen molar-refractivity contribution in [3.63, 3.8) is 0 Å². The number of halogens is 1. The van der Waals surface area contributed by atoms with Gasteiger partial charge in [-0.1, -0.05) is 18.5 Å². The molecule has 6 nitrogen and oxygen atoms in total. The molecule has 1 aromatic carbocycles. The van der Waals surface area contributed by atoms with Crippen LogP contribution in [0.5, 0.6) is 5.75 Å². The predicted molar refractivity (Wildman–Crippen MR) is 95.6 cm³/mol. The highest BCUT2D eigenvalue weighted by Gasteiger charge is 2.33. The van der Waals surface area contributed by atoms with Crippen molar-refractivity contribution in [3.05, 3.63) is 29.3 Å². The van der Waals surface area contributed by atoms with E-state index in [4.69, 9.17) is 16.3 Å². The molecule has 2 aliphatic heterocycles. The molecule has 0 saturated carbocycles. The van der Waals surface area contributed by atoms with E-state index in [1.165, 1.54) is 0 Å². The summed E-state index contributed by atoms with van der Waals surface area (Å²) in [4.78, 5) is 28.4. The van der Waals surface area contributed by atoms with Crippen molar-refractivity contribution in [2.75, 3.05) is 45.9 Å². The number of rotatable bonds is 5. The van der Waals surface area contributed by atoms with E-state index in [0.717, 1.165) is 13.1 Å². The third-order valence-electron chi connectivity index (χ3n) is 5.03. The minimum atomic E-state index is -0.0571. The van der Waals surface area contributed by atoms with Gasteiger partial charge in [0.2, 0.25) is 5.91 Å². The lowest BCUT2D eigenvalue weighted by molar-refractivity contribution is -0.144. The minimum absolute atomic E-state index is 0.000273. The highest BCUT2D eigenvalue weighted by atomic mass is 35.5. The molecule has 7 heteroatoms. The summed E-state index contributed by atoms with van der Waals surface area (Å²) in [6, 6.07) is 6.93. The van der Waals surface area contributed by atoms with Gasteiger partial charge in [-0.05, 0) is 43.3 Å². The van der Waals surface area contributed by atoms with E-state index >= 15 is 0 Å². The smallest absolute Gasteiger partial charge is 0.260 e. The molecular weight excluding hydrogens is 342 g/mol. The second kappa shape index (κ2) is 8.06. The van der Waals surface area contributed by atoms with Crippen LogP contribution >= 0.6 is 11.6 Å². The van der Waals surface area contributed by atoms with Crippen molar-refractivity contribution in [1.82, 2.24) is 15.1 Å². The first-order valence-corrected chi connectivity index (χ1v) is 9.08. The topological polar surface area (TPSA) is 61.9 Å². The molecular formula is C18H24ClN3O3. The Morgan fingerprint density at radius 2 is 1.76 bits per heavy atom. The summed E-state index contributed by atoms with van der Waals surface area (Å²) in [7, 11) is 0. The fourth-order valence-corrected chi connectivity index (χ4v) is 3.22. The van der Waals surface area contributed by atoms with Crippen LogP contribution in [0.1, 0.15) is 6.92 Å². The fourth-order valence-electron chi connectivity index (χ4n) is 3.10. The van der Waals surface area contributed by atoms with Gasteiger partial charge in [0.15, 0.2) is 6.61 Å². The van der Waals surface area contributed by atoms with E-state index in [0.29, 0.717) is 42.9 Å². The number of hydrogen-bond acceptors (Lipinski definition) is 4. The fraction of sp³-hybridized carbons (Fsp3) is 0.556. The Morgan fingerprint density at radius 1 is 1.16 bits per heavy atom. The van der Waals surface area contributed by atoms with Gasteiger partial charge in [-0.15, -0.1) is 0 Å². The quantitative estimate of drug-likeness (QED) is 0.853. The number of ether oxygens (including phenoxy) is 1. The van der Waals surface area contributed by atoms with Crippen LogP contribution in [0.25, 0.3) is 0 Å². The Balaban J connectivity index is 1.42. The van der Waals surface area contributed by atoms with Gasteiger partial charge in [0.05, 0.1) is 0 Å². The largest absolute Gasteiger partial charge is 0.484 e. The van der Waals surface area contributed by atoms with E-state index < -0.39 is 0 Å². The van der Waals surface area contributed by atoms with Gasteiger partial charge in [0, 0.05) is 37.1 Å². The molecule has 136 valence electrons. The average molecular weight is 366 g/mol. The van der Waals surface area contributed by atoms with Crippen LogP contribution in [0.2, 0.25) is 5.02 Å². The van der Waals surface area contributed by atoms with E-state index in [-0.39, 0.29) is 24.3 Å². The molecule has 25 heavy (non-hydrogen) atoms. The zero-order valence-corrected chi connectivity index (χ0v) is 15.2. The van der Waals surface area contributed by atoms with Crippen LogP contribution < -0.4 is 10.1 Å². The minimum Gasteiger partial charge on any atom is -0.484 e. The first-order valence-electron chi connectivity index (χ1n) is 8.70. The molecule has 2 aliphatic rings. The van der Waals surface area contributed by atoms with Crippen LogP contribution in [-0.4, -0.2) is 67.5 Å². The molecule has 1 unspecified atom stereocenters. The molecule has 0 bridgehead atoms. The number of nitrogens with one attached hydrogen (secondary N) is 1. The van der Waals surface area contributed by atoms with Crippen molar-refractivity contribution in [2.24, 2.45) is 11.8 Å². The molecule has 3 rings (SSSR count). The molecule has 0 aliphatic carbocycles. The SMILES string of the molecule is CC(C(=O)N1CCN(C(=O)COc2ccc(Cl)cc2)CC1)C1CNC1. The monoisotopic (exact) mass is 365 g/mol. The van der Waals surface area contributed by atoms with E-state index in [1.54, 1.807) is 29.2 Å². The van der Waals surface area contributed by atoms with Gasteiger partial charge in [-0.2, -0.15) is 0 Å². The van der Waals surface area contributed by atoms with Crippen LogP contribution in [0, 0.1) is 11.8 Å². The molecule has 2 heterocycles. The first kappa shape index (κ1) is 18.0. The lowest BCUT2D eigenvalue weighted by atomic mass is 9.88. The highest BCUT2D eigenvalue weighted by Crippen LogP contribution is 2.19. The number of piperazine rings is 1. The molecule has 2 saturated heterocycles. The van der Waals surface area contributed by atoms with Gasteiger partial charge in [0.25, 0.3) is 5.91 Å². The molecule has 1 atom stereocenters. The van der Waals surface area contributed by atoms with Gasteiger partial charge in [-0.3, -0.25) is 9.59 Å². The van der Waals surface area contributed by atoms with Crippen molar-refractivity contribution in [2.45, 2.75) is 6.92 Å². The summed E-state index contributed by atoms with van der Waals surface area (Å²) in [6.45, 7) is 6.16. The number of carbonyl (C=O) groups is 2. The molecule has 0 aromatic heterocycles. The summed E-state index contributed by atoms with van der Waals surface area (Å²) >= 11 is 5.82. The maximum atomic E-state index is 12.5. The van der Waals surface area contributed by atoms with Crippen LogP contribution in [-0.2, 0) is 9.59 Å². The van der Waals surface area contributed by atoms with Crippen LogP contribution in [0.4, 0.5) is 0 Å². The van der Waals surface area contributed by atoms with E-state index in [2.05, 4.69) is 5.32 Å². The standard InChI is InChI=1S/C18H24ClN3O3/c1-13(14-10-20-11-14)18(24)22-8-6-21(7-9-22)17(23)12-25-16-4-2-15(19)3-5-16/h2-5,13-14,20H,6-12H2,1H3. The number of benzene rings is 1. The summed E-state index contributed by atoms with van der Waals surface area (Å²) < 4.78 is 5.50. The zero-order valence-electron chi connectivity index (χ0n) is 14.4. The Bertz CT molecular complexity index is 610. The van der Waals surface area contributed by atoms with Crippen LogP contribution in [0.15, 0.2) is 24.3 Å². The maximum Gasteiger partial charge on any atom is 0.260 e. The zero-order chi connectivity index (χ0) is 17.8. The Labute approximate surface area is 153 Å². The number of amides is 2. The highest BCUT2D eigenvalue weighted by molar-refractivity contribution is 6.30. The number of carbonyl (C=O) groups excluding carboxylic acids is 2. The molecule has 0 spiro atoms. The third-order valence-corrected chi connectivity index (χ3v) is 5.28. The lowest BCUT2D eigenvalue weighted by Crippen LogP contribution is -2.55. The van der Waals surface area contributed by atoms with Crippen molar-refractivity contribution < 1.29 is 14.3 Å². The Morgan fingerprint density at radius 3 is 2.32 bits per heavy atom. The summed E-state index contributed by atoms with van der Waals surface area (Å²) in [5.41, 5.74) is 0. The number of nitrogens with zero attached hydrogens (tertiary/aromatic N) is 2. The molecule has 0 radical (unpaired) electrons. The molecule has 1 N–H and O–H groups in total. The Kier molecular flexibility index (Phi) is 5.81. The van der Waals surface area contributed by atoms with Crippen LogP contribution in [0.3, 0.4) is 0 Å². The number of hydrogen-bond donors (Lipinski definition) is 1. The normalized spacial score (nSPS) is 19.3. The lowest BCUT2D eigenvalue weighted by Gasteiger charge is -2.39. The van der Waals surface area contributed by atoms with Crippen molar-refractivity contribution >= 4 is 23.4 Å². The van der Waals surface area contributed by atoms with Gasteiger partial charge < -0.3 is 19.9 Å². The maximum absolute atomic E-state index is 12.5. The Hall–Kier alpha value is -1.79. The predicted octanol–water partition coefficient (Wildman–Crippen LogP) is 1.25. The van der Waals surface area contributed by atoms with Crippen molar-refractivity contribution in [1.29, 1.82) is 0 Å². The van der Waals surface area contributed by atoms with E-state index in [1.807, 2.05) is 11.8 Å². The van der Waals surface area contributed by atoms with E-state index in [9.17, 15) is 9.59 Å². The molecule has 1 aromatic rings. The third kappa shape index (κ3) is 4.44. The van der Waals surface area contributed by atoms with Gasteiger partial charge in [0.1, 0.15) is 5.75 Å². The van der Waals surface area contributed by atoms with Gasteiger partial charge >= 0.3 is 0 Å². The molecule has 2 amide bonds. The molecule has 2 fully saturated rings. The van der Waals surface area contributed by atoms with Gasteiger partial charge in [-0.25, -0.2) is 0 Å².